The Morgan fingerprint density at radius 3 is 1.40 bits per heavy atom. The Balaban J connectivity index is 0.000000246. The number of hydrogen-bond acceptors (Lipinski definition) is 14. The Morgan fingerprint density at radius 2 is 1.04 bits per heavy atom. The number of nitrogens with one attached hydrogen (secondary N) is 5. The molecule has 0 aromatic heterocycles. The molecule has 0 aromatic rings. The molecular formula is C60H98N8O15S2. The van der Waals surface area contributed by atoms with E-state index < -0.39 is 108 Å². The van der Waals surface area contributed by atoms with Crippen LogP contribution in [0, 0.1) is 35.5 Å². The summed E-state index contributed by atoms with van der Waals surface area (Å²) in [6, 6.07) is -3.28. The maximum absolute atomic E-state index is 14.0. The van der Waals surface area contributed by atoms with Crippen LogP contribution in [0.25, 0.3) is 0 Å². The van der Waals surface area contributed by atoms with Crippen molar-refractivity contribution in [3.8, 4) is 0 Å². The molecule has 4 aliphatic heterocycles. The van der Waals surface area contributed by atoms with Gasteiger partial charge in [-0.25, -0.2) is 36.4 Å². The lowest BCUT2D eigenvalue weighted by atomic mass is 9.94. The van der Waals surface area contributed by atoms with Crippen molar-refractivity contribution < 1.29 is 69.8 Å². The van der Waals surface area contributed by atoms with Gasteiger partial charge in [0.15, 0.2) is 0 Å². The fraction of sp³-hybridized carbons (Fsp3) is 0.800. The maximum atomic E-state index is 14.0. The van der Waals surface area contributed by atoms with E-state index in [1.807, 2.05) is 24.3 Å². The normalized spacial score (nSPS) is 31.2. The van der Waals surface area contributed by atoms with Gasteiger partial charge in [0, 0.05) is 24.9 Å². The van der Waals surface area contributed by atoms with E-state index in [-0.39, 0.29) is 40.7 Å². The van der Waals surface area contributed by atoms with Crippen LogP contribution in [0.3, 0.4) is 0 Å². The van der Waals surface area contributed by atoms with Gasteiger partial charge in [0.2, 0.25) is 43.7 Å². The van der Waals surface area contributed by atoms with Gasteiger partial charge >= 0.3 is 18.2 Å². The summed E-state index contributed by atoms with van der Waals surface area (Å²) >= 11 is 0. The lowest BCUT2D eigenvalue weighted by Crippen LogP contribution is -2.58. The summed E-state index contributed by atoms with van der Waals surface area (Å²) in [5.41, 5.74) is -4.13. The highest BCUT2D eigenvalue weighted by Gasteiger charge is 2.63. The van der Waals surface area contributed by atoms with Gasteiger partial charge in [0.25, 0.3) is 5.91 Å². The van der Waals surface area contributed by atoms with Crippen LogP contribution < -0.4 is 31.1 Å². The standard InChI is InChI=1S/C30H48N4O7S.C27H43N3O6.C3H7NO2S/c1-19(2)15-20-16-24-25(35)32-30(27(37)33-42(39,40)22-13-14-22)17-21(30)11-9-7-6-8-10-12-23(26(36)34(24)18-20)31-28(38)41-29(3,4)5;1-17(2)13-18-14-21-22(31)29-27(24(33)34)15-19(27)11-9-7-6-8-10-12-20(23(32)30(21)16-18)28-25(35)36-26(3,4)5;4-7(5,6)3-1-2-3/h9,11,19-24H,6-8,10,12-18H2,1-5H3,(H,31,38)(H,32,35)(H,33,37);9,11,17-21H,6-8,10,12-16H2,1-5H3,(H,28,35)(H,29,31)(H,33,34);3H,1-2H2,(H2,4,5,6)/b2*11-9-;/t20-,21-,23+,24+,30-;18-,19-,20+,21+,27-;/m11./s1. The minimum Gasteiger partial charge on any atom is -0.479 e. The minimum absolute atomic E-state index is 0.0701. The van der Waals surface area contributed by atoms with E-state index in [2.05, 4.69) is 53.7 Å². The van der Waals surface area contributed by atoms with Crippen LogP contribution in [-0.2, 0) is 58.3 Å². The smallest absolute Gasteiger partial charge is 0.408 e. The molecule has 0 aromatic carbocycles. The molecule has 25 heteroatoms. The Labute approximate surface area is 503 Å². The van der Waals surface area contributed by atoms with Gasteiger partial charge < -0.3 is 45.6 Å². The number of hydrogen-bond donors (Lipinski definition) is 7. The van der Waals surface area contributed by atoms with E-state index >= 15 is 0 Å². The maximum Gasteiger partial charge on any atom is 0.408 e. The number of aliphatic carboxylic acids is 1. The second kappa shape index (κ2) is 28.2. The van der Waals surface area contributed by atoms with Crippen molar-refractivity contribution in [3.63, 3.8) is 0 Å². The molecule has 0 bridgehead atoms. The van der Waals surface area contributed by atoms with Gasteiger partial charge in [-0.15, -0.1) is 0 Å². The summed E-state index contributed by atoms with van der Waals surface area (Å²) in [6.07, 6.45) is 19.5. The number of nitrogens with two attached hydrogens (primary N) is 1. The molecular weight excluding hydrogens is 1140 g/mol. The van der Waals surface area contributed by atoms with E-state index in [0.717, 1.165) is 70.6 Å². The third kappa shape index (κ3) is 20.1. The number of nitrogens with zero attached hydrogens (tertiary/aromatic N) is 2. The molecule has 0 unspecified atom stereocenters. The predicted molar refractivity (Wildman–Crippen MR) is 319 cm³/mol. The number of carbonyl (C=O) groups is 8. The first-order valence-corrected chi connectivity index (χ1v) is 34.1. The SMILES string of the molecule is CC(C)C[C@@H]1C[C@H]2C(=O)N[C@]3(C(=O)NS(=O)(=O)C4CC4)C[C@H]3/C=C\CCCCC[C@H](NC(=O)OC(C)(C)C)C(=O)N2C1.CC(C)C[C@@H]1C[C@H]2C(=O)N[C@]3(C(=O)O)C[C@H]3/C=C\CCCCC[C@H](NC(=O)OC(C)(C)C)C(=O)N2C1.NS(=O)(=O)C1CC1. The highest BCUT2D eigenvalue weighted by Crippen LogP contribution is 2.47. The van der Waals surface area contributed by atoms with Crippen LogP contribution in [0.4, 0.5) is 9.59 Å². The zero-order chi connectivity index (χ0) is 63.0. The third-order valence-electron chi connectivity index (χ3n) is 16.7. The average Bonchev–Trinajstić information content (AvgIpc) is 2.11. The number of fused-ring (bicyclic) bond motifs is 4. The Hall–Kier alpha value is -5.30. The van der Waals surface area contributed by atoms with Gasteiger partial charge in [0.1, 0.15) is 46.4 Å². The molecule has 8 N–H and O–H groups in total. The number of allylic oxidation sites excluding steroid dienone is 2. The van der Waals surface area contributed by atoms with Gasteiger partial charge in [0.05, 0.1) is 10.5 Å². The van der Waals surface area contributed by atoms with E-state index in [0.29, 0.717) is 82.7 Å². The molecule has 23 nitrogen and oxygen atoms in total. The van der Waals surface area contributed by atoms with Crippen LogP contribution in [0.5, 0.6) is 0 Å². The summed E-state index contributed by atoms with van der Waals surface area (Å²) < 4.78 is 58.6. The van der Waals surface area contributed by atoms with Crippen LogP contribution in [-0.4, -0.2) is 149 Å². The van der Waals surface area contributed by atoms with Crippen molar-refractivity contribution in [1.82, 2.24) is 35.8 Å². The molecule has 85 heavy (non-hydrogen) atoms. The van der Waals surface area contributed by atoms with Crippen molar-refractivity contribution in [2.75, 3.05) is 13.1 Å². The first-order valence-electron chi connectivity index (χ1n) is 30.9. The number of alkyl carbamates (subject to hydrolysis) is 2. The highest BCUT2D eigenvalue weighted by atomic mass is 32.2. The number of carboxylic acid groups (broad SMARTS) is 1. The third-order valence-corrected chi connectivity index (χ3v) is 19.9. The van der Waals surface area contributed by atoms with Crippen LogP contribution in [0.15, 0.2) is 24.3 Å². The Bertz CT molecular complexity index is 2730. The molecule has 8 aliphatic rings. The van der Waals surface area contributed by atoms with Crippen LogP contribution in [0.2, 0.25) is 0 Å². The predicted octanol–water partition coefficient (Wildman–Crippen LogP) is 6.21. The second-order valence-corrected chi connectivity index (χ2v) is 31.6. The second-order valence-electron chi connectivity index (χ2n) is 27.8. The Morgan fingerprint density at radius 1 is 0.635 bits per heavy atom. The summed E-state index contributed by atoms with van der Waals surface area (Å²) in [4.78, 5) is 109. The first kappa shape index (κ1) is 68.8. The van der Waals surface area contributed by atoms with Crippen molar-refractivity contribution in [2.45, 2.75) is 255 Å². The van der Waals surface area contributed by atoms with Gasteiger partial charge in [-0.2, -0.15) is 0 Å². The van der Waals surface area contributed by atoms with Gasteiger partial charge in [-0.3, -0.25) is 28.7 Å². The molecule has 0 spiro atoms. The number of carboxylic acids is 1. The molecule has 0 radical (unpaired) electrons. The first-order chi connectivity index (χ1) is 39.5. The zero-order valence-corrected chi connectivity index (χ0v) is 53.4. The zero-order valence-electron chi connectivity index (χ0n) is 51.7. The quantitative estimate of drug-likeness (QED) is 0.113. The summed E-state index contributed by atoms with van der Waals surface area (Å²) in [7, 11) is -6.93. The number of rotatable bonds is 11. The fourth-order valence-electron chi connectivity index (χ4n) is 12.0. The lowest BCUT2D eigenvalue weighted by molar-refractivity contribution is -0.145. The van der Waals surface area contributed by atoms with Gasteiger partial charge in [-0.1, -0.05) is 77.7 Å². The van der Waals surface area contributed by atoms with Crippen molar-refractivity contribution in [1.29, 1.82) is 0 Å². The largest absolute Gasteiger partial charge is 0.479 e. The van der Waals surface area contributed by atoms with Crippen molar-refractivity contribution in [2.24, 2.45) is 40.6 Å². The molecule has 4 aliphatic carbocycles. The molecule has 2 saturated heterocycles. The van der Waals surface area contributed by atoms with Crippen molar-refractivity contribution in [3.05, 3.63) is 24.3 Å². The number of primary sulfonamides is 1. The monoisotopic (exact) mass is 1230 g/mol. The van der Waals surface area contributed by atoms with E-state index in [1.165, 1.54) is 0 Å². The van der Waals surface area contributed by atoms with Crippen LogP contribution >= 0.6 is 0 Å². The molecule has 480 valence electrons. The number of ether oxygens (including phenoxy) is 2. The summed E-state index contributed by atoms with van der Waals surface area (Å²) in [5, 5.41) is 25.1. The molecule has 7 amide bonds. The number of sulfonamides is 2. The Kier molecular flexibility index (Phi) is 22.9. The molecule has 10 atom stereocenters. The topological polar surface area (TPSA) is 336 Å². The summed E-state index contributed by atoms with van der Waals surface area (Å²) in [5.74, 6) is -2.97. The molecule has 4 heterocycles. The number of carbonyl (C=O) groups excluding carboxylic acids is 7. The fourth-order valence-corrected chi connectivity index (χ4v) is 14.2. The van der Waals surface area contributed by atoms with Crippen LogP contribution in [0.1, 0.15) is 198 Å². The van der Waals surface area contributed by atoms with E-state index in [1.54, 1.807) is 51.3 Å². The number of amides is 7. The van der Waals surface area contributed by atoms with E-state index in [9.17, 15) is 60.3 Å². The van der Waals surface area contributed by atoms with Gasteiger partial charge in [-0.05, 0) is 168 Å². The molecule has 8 rings (SSSR count). The average molecular weight is 1240 g/mol. The van der Waals surface area contributed by atoms with Crippen molar-refractivity contribution >= 4 is 67.7 Å². The highest BCUT2D eigenvalue weighted by molar-refractivity contribution is 7.91. The lowest BCUT2D eigenvalue weighted by Gasteiger charge is -2.30. The molecule has 6 fully saturated rings. The van der Waals surface area contributed by atoms with E-state index in [4.69, 9.17) is 14.6 Å². The summed E-state index contributed by atoms with van der Waals surface area (Å²) in [6.45, 7) is 19.7. The minimum atomic E-state index is -3.80. The molecule has 4 saturated carbocycles.